The number of nitrogens with zero attached hydrogens (tertiary/aromatic N) is 1. The summed E-state index contributed by atoms with van der Waals surface area (Å²) in [5, 5.41) is 0. The number of benzene rings is 1. The second kappa shape index (κ2) is 10.2. The van der Waals surface area contributed by atoms with E-state index in [1.807, 2.05) is 58.0 Å². The normalized spacial score (nSPS) is 11.3. The topological polar surface area (TPSA) is 29.5 Å². The van der Waals surface area contributed by atoms with Crippen LogP contribution in [0.4, 0.5) is 0 Å². The minimum absolute atomic E-state index is 0.0188. The fourth-order valence-corrected chi connectivity index (χ4v) is 1.81. The van der Waals surface area contributed by atoms with Crippen LogP contribution >= 0.6 is 0 Å². The first kappa shape index (κ1) is 18.4. The van der Waals surface area contributed by atoms with E-state index in [0.29, 0.717) is 17.9 Å². The lowest BCUT2D eigenvalue weighted by Crippen LogP contribution is -2.25. The van der Waals surface area contributed by atoms with Crippen molar-refractivity contribution in [3.63, 3.8) is 0 Å². The molecule has 1 atom stereocenters. The van der Waals surface area contributed by atoms with Crippen molar-refractivity contribution >= 4 is 5.78 Å². The van der Waals surface area contributed by atoms with Crippen LogP contribution in [0.2, 0.25) is 0 Å². The molecule has 1 aromatic rings. The molecule has 0 spiro atoms. The monoisotopic (exact) mass is 277 g/mol. The van der Waals surface area contributed by atoms with Crippen molar-refractivity contribution in [2.24, 2.45) is 5.92 Å². The molecule has 1 rings (SSSR count). The molecule has 0 aromatic heterocycles. The lowest BCUT2D eigenvalue weighted by atomic mass is 9.99. The number of rotatable bonds is 7. The van der Waals surface area contributed by atoms with Crippen LogP contribution in [0, 0.1) is 5.92 Å². The van der Waals surface area contributed by atoms with E-state index in [4.69, 9.17) is 4.74 Å². The Morgan fingerprint density at radius 1 is 1.40 bits per heavy atom. The van der Waals surface area contributed by atoms with Gasteiger partial charge in [0.15, 0.2) is 5.78 Å². The van der Waals surface area contributed by atoms with E-state index in [1.165, 1.54) is 0 Å². The van der Waals surface area contributed by atoms with E-state index in [-0.39, 0.29) is 11.7 Å². The average molecular weight is 277 g/mol. The van der Waals surface area contributed by atoms with Gasteiger partial charge in [-0.3, -0.25) is 4.79 Å². The molecule has 1 unspecified atom stereocenters. The van der Waals surface area contributed by atoms with Gasteiger partial charge in [-0.25, -0.2) is 0 Å². The molecule has 0 aliphatic rings. The highest BCUT2D eigenvalue weighted by molar-refractivity contribution is 5.98. The van der Waals surface area contributed by atoms with Crippen LogP contribution in [0.25, 0.3) is 0 Å². The zero-order valence-corrected chi connectivity index (χ0v) is 13.3. The third-order valence-electron chi connectivity index (χ3n) is 2.57. The molecule has 0 fully saturated rings. The van der Waals surface area contributed by atoms with E-state index in [2.05, 4.69) is 6.58 Å². The van der Waals surface area contributed by atoms with Gasteiger partial charge in [0.25, 0.3) is 0 Å². The van der Waals surface area contributed by atoms with Gasteiger partial charge in [-0.15, -0.1) is 0 Å². The lowest BCUT2D eigenvalue weighted by molar-refractivity contribution is 0.0909. The molecule has 3 nitrogen and oxygen atoms in total. The Hall–Kier alpha value is -1.61. The minimum Gasteiger partial charge on any atom is -0.490 e. The van der Waals surface area contributed by atoms with Gasteiger partial charge in [-0.1, -0.05) is 45.6 Å². The third-order valence-corrected chi connectivity index (χ3v) is 2.57. The highest BCUT2D eigenvalue weighted by Gasteiger charge is 2.16. The van der Waals surface area contributed by atoms with Gasteiger partial charge in [0.05, 0.1) is 0 Å². The molecule has 0 saturated carbocycles. The quantitative estimate of drug-likeness (QED) is 0.563. The highest BCUT2D eigenvalue weighted by atomic mass is 16.5. The van der Waals surface area contributed by atoms with E-state index in [0.717, 1.165) is 6.54 Å². The van der Waals surface area contributed by atoms with Crippen LogP contribution in [0.3, 0.4) is 0 Å². The number of ketones is 1. The molecule has 20 heavy (non-hydrogen) atoms. The van der Waals surface area contributed by atoms with Crippen LogP contribution in [0.5, 0.6) is 5.75 Å². The van der Waals surface area contributed by atoms with Crippen molar-refractivity contribution < 1.29 is 9.53 Å². The van der Waals surface area contributed by atoms with Crippen molar-refractivity contribution in [1.82, 2.24) is 4.90 Å². The third kappa shape index (κ3) is 6.53. The average Bonchev–Trinajstić information content (AvgIpc) is 2.46. The molecule has 0 aliphatic heterocycles. The van der Waals surface area contributed by atoms with Crippen molar-refractivity contribution in [2.75, 3.05) is 27.2 Å². The summed E-state index contributed by atoms with van der Waals surface area (Å²) in [5.74, 6) is 0.834. The maximum absolute atomic E-state index is 12.2. The largest absolute Gasteiger partial charge is 0.490 e. The van der Waals surface area contributed by atoms with Gasteiger partial charge in [-0.05, 0) is 26.2 Å². The van der Waals surface area contributed by atoms with Crippen molar-refractivity contribution in [3.05, 3.63) is 42.5 Å². The van der Waals surface area contributed by atoms with Gasteiger partial charge < -0.3 is 9.64 Å². The number of Topliss-reactive ketones (excluding diaryl/α,β-unsaturated/α-hetero) is 1. The highest BCUT2D eigenvalue weighted by Crippen LogP contribution is 2.17. The summed E-state index contributed by atoms with van der Waals surface area (Å²) >= 11 is 0. The Morgan fingerprint density at radius 3 is 2.60 bits per heavy atom. The van der Waals surface area contributed by atoms with Crippen molar-refractivity contribution in [3.8, 4) is 5.75 Å². The fraction of sp³-hybridized carbons (Fsp3) is 0.471. The van der Waals surface area contributed by atoms with Gasteiger partial charge >= 0.3 is 0 Å². The summed E-state index contributed by atoms with van der Waals surface area (Å²) in [6, 6.07) is 7.30. The molecule has 0 heterocycles. The van der Waals surface area contributed by atoms with E-state index in [1.54, 1.807) is 12.1 Å². The smallest absolute Gasteiger partial charge is 0.167 e. The molecule has 3 heteroatoms. The standard InChI is InChI=1S/C15H21NO2.C2H6/c1-5-9-18-14-8-6-7-13(10-14)15(17)12(2)11-16(3)4;1-2/h5-8,10,12H,1,9,11H2,2-4H3;1-2H3. The first-order valence-electron chi connectivity index (χ1n) is 7.07. The number of carbonyl (C=O) groups is 1. The zero-order valence-electron chi connectivity index (χ0n) is 13.3. The lowest BCUT2D eigenvalue weighted by Gasteiger charge is -2.16. The molecule has 0 aliphatic carbocycles. The Morgan fingerprint density at radius 2 is 2.05 bits per heavy atom. The number of hydrogen-bond donors (Lipinski definition) is 0. The molecule has 0 N–H and O–H groups in total. The summed E-state index contributed by atoms with van der Waals surface area (Å²) < 4.78 is 5.43. The summed E-state index contributed by atoms with van der Waals surface area (Å²) in [5.41, 5.74) is 0.700. The van der Waals surface area contributed by atoms with Crippen LogP contribution in [0.15, 0.2) is 36.9 Å². The molecular weight excluding hydrogens is 250 g/mol. The van der Waals surface area contributed by atoms with Crippen molar-refractivity contribution in [1.29, 1.82) is 0 Å². The number of carbonyl (C=O) groups excluding carboxylic acids is 1. The second-order valence-corrected chi connectivity index (χ2v) is 4.66. The predicted octanol–water partition coefficient (Wildman–Crippen LogP) is 3.66. The zero-order chi connectivity index (χ0) is 15.5. The van der Waals surface area contributed by atoms with Crippen LogP contribution in [0.1, 0.15) is 31.1 Å². The molecule has 112 valence electrons. The molecule has 0 bridgehead atoms. The molecule has 1 aromatic carbocycles. The second-order valence-electron chi connectivity index (χ2n) is 4.66. The first-order valence-corrected chi connectivity index (χ1v) is 7.07. The van der Waals surface area contributed by atoms with E-state index >= 15 is 0 Å². The van der Waals surface area contributed by atoms with E-state index in [9.17, 15) is 4.79 Å². The fourth-order valence-electron chi connectivity index (χ4n) is 1.81. The SMILES string of the molecule is C=CCOc1cccc(C(=O)C(C)CN(C)C)c1.CC. The van der Waals surface area contributed by atoms with Crippen LogP contribution in [-0.2, 0) is 0 Å². The maximum Gasteiger partial charge on any atom is 0.167 e. The van der Waals surface area contributed by atoms with Gasteiger partial charge in [0.1, 0.15) is 12.4 Å². The first-order chi connectivity index (χ1) is 9.54. The Kier molecular flexibility index (Phi) is 9.39. The Labute approximate surface area is 123 Å². The maximum atomic E-state index is 12.2. The summed E-state index contributed by atoms with van der Waals surface area (Å²) in [7, 11) is 3.93. The van der Waals surface area contributed by atoms with Gasteiger partial charge in [0, 0.05) is 18.0 Å². The molecule has 0 amide bonds. The minimum atomic E-state index is -0.0188. The molecule has 0 radical (unpaired) electrons. The summed E-state index contributed by atoms with van der Waals surface area (Å²) in [6.45, 7) is 10.7. The van der Waals surface area contributed by atoms with Gasteiger partial charge in [0.2, 0.25) is 0 Å². The Balaban J connectivity index is 0.00000172. The summed E-state index contributed by atoms with van der Waals surface area (Å²) in [6.07, 6.45) is 1.68. The van der Waals surface area contributed by atoms with Crippen molar-refractivity contribution in [2.45, 2.75) is 20.8 Å². The number of hydrogen-bond acceptors (Lipinski definition) is 3. The number of ether oxygens (including phenoxy) is 1. The molecular formula is C17H27NO2. The van der Waals surface area contributed by atoms with Crippen LogP contribution < -0.4 is 4.74 Å². The van der Waals surface area contributed by atoms with Crippen LogP contribution in [-0.4, -0.2) is 37.9 Å². The Bertz CT molecular complexity index is 413. The van der Waals surface area contributed by atoms with E-state index < -0.39 is 0 Å². The summed E-state index contributed by atoms with van der Waals surface area (Å²) in [4.78, 5) is 14.2. The molecule has 0 saturated heterocycles. The van der Waals surface area contributed by atoms with Gasteiger partial charge in [-0.2, -0.15) is 0 Å². The predicted molar refractivity (Wildman–Crippen MR) is 85.5 cm³/mol.